The SMILES string of the molecule is CSc1c(F)cc(OCC(C)C)cc1F. The molecule has 4 heteroatoms. The first-order valence-electron chi connectivity index (χ1n) is 4.70. The Labute approximate surface area is 92.8 Å². The molecule has 0 aromatic heterocycles. The molecule has 1 aromatic carbocycles. The van der Waals surface area contributed by atoms with Crippen LogP contribution in [0.4, 0.5) is 8.78 Å². The smallest absolute Gasteiger partial charge is 0.143 e. The van der Waals surface area contributed by atoms with E-state index in [2.05, 4.69) is 0 Å². The fourth-order valence-electron chi connectivity index (χ4n) is 1.08. The predicted molar refractivity (Wildman–Crippen MR) is 58.5 cm³/mol. The number of thioether (sulfide) groups is 1. The van der Waals surface area contributed by atoms with E-state index >= 15 is 0 Å². The van der Waals surface area contributed by atoms with Gasteiger partial charge >= 0.3 is 0 Å². The third-order valence-corrected chi connectivity index (χ3v) is 2.56. The van der Waals surface area contributed by atoms with Crippen LogP contribution in [-0.4, -0.2) is 12.9 Å². The second-order valence-electron chi connectivity index (χ2n) is 3.63. The van der Waals surface area contributed by atoms with Crippen LogP contribution in [0.1, 0.15) is 13.8 Å². The zero-order valence-electron chi connectivity index (χ0n) is 9.01. The number of halogens is 2. The van der Waals surface area contributed by atoms with E-state index < -0.39 is 11.6 Å². The van der Waals surface area contributed by atoms with Gasteiger partial charge in [0, 0.05) is 12.1 Å². The second-order valence-corrected chi connectivity index (χ2v) is 4.44. The molecule has 0 aliphatic heterocycles. The van der Waals surface area contributed by atoms with E-state index in [1.807, 2.05) is 13.8 Å². The van der Waals surface area contributed by atoms with E-state index in [0.29, 0.717) is 12.5 Å². The van der Waals surface area contributed by atoms with Crippen LogP contribution in [-0.2, 0) is 0 Å². The predicted octanol–water partition coefficient (Wildman–Crippen LogP) is 3.72. The summed E-state index contributed by atoms with van der Waals surface area (Å²) >= 11 is 1.05. The van der Waals surface area contributed by atoms with Crippen molar-refractivity contribution >= 4 is 11.8 Å². The van der Waals surface area contributed by atoms with Crippen LogP contribution in [0.3, 0.4) is 0 Å². The monoisotopic (exact) mass is 232 g/mol. The maximum Gasteiger partial charge on any atom is 0.143 e. The summed E-state index contributed by atoms with van der Waals surface area (Å²) in [5.41, 5.74) is 0. The third-order valence-electron chi connectivity index (χ3n) is 1.76. The minimum Gasteiger partial charge on any atom is -0.493 e. The molecule has 1 aromatic rings. The van der Waals surface area contributed by atoms with Crippen LogP contribution < -0.4 is 4.74 Å². The Hall–Kier alpha value is -0.770. The van der Waals surface area contributed by atoms with E-state index in [-0.39, 0.29) is 10.6 Å². The van der Waals surface area contributed by atoms with Crippen molar-refractivity contribution in [1.82, 2.24) is 0 Å². The fourth-order valence-corrected chi connectivity index (χ4v) is 1.59. The molecule has 0 radical (unpaired) electrons. The Morgan fingerprint density at radius 2 is 1.80 bits per heavy atom. The maximum absolute atomic E-state index is 13.3. The van der Waals surface area contributed by atoms with Crippen LogP contribution in [0.2, 0.25) is 0 Å². The van der Waals surface area contributed by atoms with E-state index in [1.165, 1.54) is 12.1 Å². The molecule has 0 aliphatic carbocycles. The lowest BCUT2D eigenvalue weighted by Crippen LogP contribution is -2.05. The summed E-state index contributed by atoms with van der Waals surface area (Å²) in [7, 11) is 0. The van der Waals surface area contributed by atoms with Crippen molar-refractivity contribution in [2.75, 3.05) is 12.9 Å². The number of ether oxygens (including phenoxy) is 1. The molecule has 0 N–H and O–H groups in total. The van der Waals surface area contributed by atoms with Gasteiger partial charge in [-0.3, -0.25) is 0 Å². The van der Waals surface area contributed by atoms with Gasteiger partial charge in [0.15, 0.2) is 0 Å². The van der Waals surface area contributed by atoms with Gasteiger partial charge in [-0.25, -0.2) is 8.78 Å². The van der Waals surface area contributed by atoms with Gasteiger partial charge in [-0.1, -0.05) is 13.8 Å². The van der Waals surface area contributed by atoms with E-state index in [9.17, 15) is 8.78 Å². The van der Waals surface area contributed by atoms with Crippen molar-refractivity contribution in [3.8, 4) is 5.75 Å². The number of hydrogen-bond acceptors (Lipinski definition) is 2. The van der Waals surface area contributed by atoms with E-state index in [1.54, 1.807) is 6.26 Å². The largest absolute Gasteiger partial charge is 0.493 e. The van der Waals surface area contributed by atoms with Crippen molar-refractivity contribution in [2.45, 2.75) is 18.7 Å². The lowest BCUT2D eigenvalue weighted by molar-refractivity contribution is 0.268. The van der Waals surface area contributed by atoms with Gasteiger partial charge in [0.1, 0.15) is 17.4 Å². The first kappa shape index (κ1) is 12.3. The summed E-state index contributed by atoms with van der Waals surface area (Å²) in [6.07, 6.45) is 1.64. The van der Waals surface area contributed by atoms with Crippen LogP contribution in [0.5, 0.6) is 5.75 Å². The molecule has 1 nitrogen and oxygen atoms in total. The van der Waals surface area contributed by atoms with Crippen molar-refractivity contribution < 1.29 is 13.5 Å². The highest BCUT2D eigenvalue weighted by Crippen LogP contribution is 2.27. The van der Waals surface area contributed by atoms with Crippen molar-refractivity contribution in [2.24, 2.45) is 5.92 Å². The number of hydrogen-bond donors (Lipinski definition) is 0. The first-order chi connectivity index (χ1) is 7.04. The molecule has 0 bridgehead atoms. The van der Waals surface area contributed by atoms with Gasteiger partial charge < -0.3 is 4.74 Å². The highest BCUT2D eigenvalue weighted by Gasteiger charge is 2.10. The molecule has 0 aliphatic rings. The summed E-state index contributed by atoms with van der Waals surface area (Å²) in [6.45, 7) is 4.41. The Morgan fingerprint density at radius 3 is 2.20 bits per heavy atom. The number of rotatable bonds is 4. The molecular weight excluding hydrogens is 218 g/mol. The molecule has 0 unspecified atom stereocenters. The van der Waals surface area contributed by atoms with E-state index in [4.69, 9.17) is 4.74 Å². The topological polar surface area (TPSA) is 9.23 Å². The quantitative estimate of drug-likeness (QED) is 0.732. The summed E-state index contributed by atoms with van der Waals surface area (Å²) in [5, 5.41) is 0. The van der Waals surface area contributed by atoms with Crippen molar-refractivity contribution in [3.05, 3.63) is 23.8 Å². The average Bonchev–Trinajstić information content (AvgIpc) is 2.14. The summed E-state index contributed by atoms with van der Waals surface area (Å²) in [5.74, 6) is -0.560. The molecule has 0 fully saturated rings. The van der Waals surface area contributed by atoms with Crippen molar-refractivity contribution in [1.29, 1.82) is 0 Å². The first-order valence-corrected chi connectivity index (χ1v) is 5.93. The van der Waals surface area contributed by atoms with Gasteiger partial charge in [0.25, 0.3) is 0 Å². The molecule has 84 valence electrons. The Morgan fingerprint density at radius 1 is 1.27 bits per heavy atom. The van der Waals surface area contributed by atoms with Gasteiger partial charge in [-0.2, -0.15) is 0 Å². The fraction of sp³-hybridized carbons (Fsp3) is 0.455. The molecule has 0 spiro atoms. The van der Waals surface area contributed by atoms with Crippen molar-refractivity contribution in [3.63, 3.8) is 0 Å². The highest BCUT2D eigenvalue weighted by atomic mass is 32.2. The molecule has 15 heavy (non-hydrogen) atoms. The molecule has 0 atom stereocenters. The summed E-state index contributed by atoms with van der Waals surface area (Å²) < 4.78 is 31.8. The molecule has 0 saturated carbocycles. The van der Waals surface area contributed by atoms with Crippen LogP contribution in [0.25, 0.3) is 0 Å². The third kappa shape index (κ3) is 3.38. The minimum absolute atomic E-state index is 0.0342. The Kier molecular flexibility index (Phi) is 4.39. The van der Waals surface area contributed by atoms with Crippen LogP contribution in [0.15, 0.2) is 17.0 Å². The van der Waals surface area contributed by atoms with Crippen LogP contribution in [0, 0.1) is 17.6 Å². The van der Waals surface area contributed by atoms with Gasteiger partial charge in [0.2, 0.25) is 0 Å². The lowest BCUT2D eigenvalue weighted by atomic mass is 10.2. The van der Waals surface area contributed by atoms with Gasteiger partial charge in [-0.05, 0) is 12.2 Å². The molecule has 0 saturated heterocycles. The van der Waals surface area contributed by atoms with Gasteiger partial charge in [-0.15, -0.1) is 11.8 Å². The second kappa shape index (κ2) is 5.35. The highest BCUT2D eigenvalue weighted by molar-refractivity contribution is 7.98. The maximum atomic E-state index is 13.3. The Bertz CT molecular complexity index is 316. The minimum atomic E-state index is -0.568. The average molecular weight is 232 g/mol. The molecule has 0 heterocycles. The zero-order valence-corrected chi connectivity index (χ0v) is 9.83. The summed E-state index contributed by atoms with van der Waals surface area (Å²) in [4.78, 5) is 0.0342. The standard InChI is InChI=1S/C11H14F2OS/c1-7(2)6-14-8-4-9(12)11(15-3)10(13)5-8/h4-5,7H,6H2,1-3H3. The molecular formula is C11H14F2OS. The van der Waals surface area contributed by atoms with Gasteiger partial charge in [0.05, 0.1) is 11.5 Å². The lowest BCUT2D eigenvalue weighted by Gasteiger charge is -2.10. The molecule has 1 rings (SSSR count). The Balaban J connectivity index is 2.84. The normalized spacial score (nSPS) is 10.8. The molecule has 0 amide bonds. The van der Waals surface area contributed by atoms with E-state index in [0.717, 1.165) is 11.8 Å². The number of benzene rings is 1. The summed E-state index contributed by atoms with van der Waals surface area (Å²) in [6, 6.07) is 2.44. The zero-order chi connectivity index (χ0) is 11.4. The van der Waals surface area contributed by atoms with Crippen LogP contribution >= 0.6 is 11.8 Å².